The van der Waals surface area contributed by atoms with Crippen LogP contribution < -0.4 is 4.74 Å². The summed E-state index contributed by atoms with van der Waals surface area (Å²) in [5.41, 5.74) is 8.20. The van der Waals surface area contributed by atoms with Gasteiger partial charge in [-0.05, 0) is 71.7 Å². The van der Waals surface area contributed by atoms with E-state index in [2.05, 4.69) is 72.8 Å². The molecule has 4 nitrogen and oxygen atoms in total. The minimum absolute atomic E-state index is 0.0902. The van der Waals surface area contributed by atoms with E-state index in [0.717, 1.165) is 44.5 Å². The van der Waals surface area contributed by atoms with Crippen molar-refractivity contribution < 1.29 is 19.7 Å². The smallest absolute Gasteiger partial charge is 0.338 e. The molecule has 0 amide bonds. The molecule has 0 fully saturated rings. The first-order chi connectivity index (χ1) is 18.5. The highest BCUT2D eigenvalue weighted by Gasteiger charge is 2.48. The van der Waals surface area contributed by atoms with Crippen molar-refractivity contribution in [2.24, 2.45) is 0 Å². The lowest BCUT2D eigenvalue weighted by molar-refractivity contribution is -0.130. The Kier molecular flexibility index (Phi) is 7.28. The second-order valence-corrected chi connectivity index (χ2v) is 9.68. The van der Waals surface area contributed by atoms with E-state index in [1.54, 1.807) is 13.0 Å². The predicted octanol–water partition coefficient (Wildman–Crippen LogP) is 5.99. The Morgan fingerprint density at radius 2 is 1.32 bits per heavy atom. The average Bonchev–Trinajstić information content (AvgIpc) is 3.26. The van der Waals surface area contributed by atoms with Crippen LogP contribution in [0.2, 0.25) is 0 Å². The molecule has 192 valence electrons. The van der Waals surface area contributed by atoms with Crippen molar-refractivity contribution in [1.82, 2.24) is 0 Å². The van der Waals surface area contributed by atoms with Gasteiger partial charge in [0.25, 0.3) is 0 Å². The van der Waals surface area contributed by atoms with Crippen molar-refractivity contribution in [1.29, 1.82) is 0 Å². The van der Waals surface area contributed by atoms with Crippen LogP contribution in [0.3, 0.4) is 0 Å². The molecule has 4 heteroatoms. The lowest BCUT2D eigenvalue weighted by Gasteiger charge is -2.35. The van der Waals surface area contributed by atoms with Gasteiger partial charge in [-0.15, -0.1) is 0 Å². The zero-order valence-electron chi connectivity index (χ0n) is 21.8. The van der Waals surface area contributed by atoms with Crippen LogP contribution in [0, 0.1) is 0 Å². The zero-order chi connectivity index (χ0) is 26.7. The lowest BCUT2D eigenvalue weighted by atomic mass is 9.67. The third-order valence-corrected chi connectivity index (χ3v) is 7.55. The van der Waals surface area contributed by atoms with Gasteiger partial charge in [0.2, 0.25) is 0 Å². The molecule has 0 saturated carbocycles. The molecule has 5 rings (SSSR count). The fourth-order valence-electron chi connectivity index (χ4n) is 5.57. The van der Waals surface area contributed by atoms with Crippen molar-refractivity contribution in [2.75, 3.05) is 13.2 Å². The van der Waals surface area contributed by atoms with Gasteiger partial charge in [-0.2, -0.15) is 0 Å². The monoisotopic (exact) mass is 504 g/mol. The molecule has 0 aromatic heterocycles. The number of rotatable bonds is 8. The van der Waals surface area contributed by atoms with Gasteiger partial charge in [-0.1, -0.05) is 91.0 Å². The number of aliphatic hydroxyl groups is 2. The normalized spacial score (nSPS) is 13.6. The van der Waals surface area contributed by atoms with Crippen LogP contribution in [0.15, 0.2) is 103 Å². The number of hydrogen-bond donors (Lipinski definition) is 2. The van der Waals surface area contributed by atoms with E-state index in [1.165, 1.54) is 0 Å². The summed E-state index contributed by atoms with van der Waals surface area (Å²) >= 11 is 0. The summed E-state index contributed by atoms with van der Waals surface area (Å²) in [7, 11) is 0. The Hall–Kier alpha value is -3.99. The topological polar surface area (TPSA) is 66.8 Å². The molecule has 4 aromatic carbocycles. The fourth-order valence-corrected chi connectivity index (χ4v) is 5.57. The van der Waals surface area contributed by atoms with Gasteiger partial charge in [0.05, 0.1) is 5.41 Å². The maximum Gasteiger partial charge on any atom is 0.338 e. The number of hydrogen-bond acceptors (Lipinski definition) is 4. The molecule has 4 aromatic rings. The highest BCUT2D eigenvalue weighted by molar-refractivity contribution is 5.93. The number of benzene rings is 4. The van der Waals surface area contributed by atoms with Crippen LogP contribution in [0.5, 0.6) is 5.75 Å². The van der Waals surface area contributed by atoms with Crippen LogP contribution in [-0.4, -0.2) is 29.4 Å². The van der Waals surface area contributed by atoms with Crippen LogP contribution in [-0.2, 0) is 23.1 Å². The van der Waals surface area contributed by atoms with E-state index in [1.807, 2.05) is 25.1 Å². The first kappa shape index (κ1) is 25.7. The summed E-state index contributed by atoms with van der Waals surface area (Å²) in [6.07, 6.45) is 2.93. The van der Waals surface area contributed by atoms with E-state index in [4.69, 9.17) is 4.74 Å². The molecule has 0 atom stereocenters. The first-order valence-corrected chi connectivity index (χ1v) is 13.0. The van der Waals surface area contributed by atoms with E-state index in [9.17, 15) is 15.0 Å². The third-order valence-electron chi connectivity index (χ3n) is 7.55. The number of carbonyl (C=O) groups excluding carboxylic acids is 1. The minimum Gasteiger partial charge on any atom is -0.423 e. The molecule has 0 bridgehead atoms. The second-order valence-electron chi connectivity index (χ2n) is 9.68. The Labute approximate surface area is 223 Å². The molecule has 0 saturated heterocycles. The molecule has 0 heterocycles. The number of aliphatic hydroxyl groups excluding tert-OH is 2. The Bertz CT molecular complexity index is 1430. The van der Waals surface area contributed by atoms with Gasteiger partial charge >= 0.3 is 5.97 Å². The van der Waals surface area contributed by atoms with Crippen LogP contribution in [0.25, 0.3) is 11.1 Å². The van der Waals surface area contributed by atoms with Crippen molar-refractivity contribution in [3.63, 3.8) is 0 Å². The quantitative estimate of drug-likeness (QED) is 0.155. The largest absolute Gasteiger partial charge is 0.423 e. The van der Waals surface area contributed by atoms with E-state index < -0.39 is 5.41 Å². The molecular formula is C34H32O4. The van der Waals surface area contributed by atoms with Gasteiger partial charge < -0.3 is 14.9 Å². The Balaban J connectivity index is 1.83. The first-order valence-electron chi connectivity index (χ1n) is 13.0. The van der Waals surface area contributed by atoms with Crippen molar-refractivity contribution in [3.05, 3.63) is 136 Å². The summed E-state index contributed by atoms with van der Waals surface area (Å²) in [4.78, 5) is 13.0. The van der Waals surface area contributed by atoms with Gasteiger partial charge in [0.15, 0.2) is 0 Å². The maximum absolute atomic E-state index is 13.0. The number of ether oxygens (including phenoxy) is 1. The maximum atomic E-state index is 13.0. The van der Waals surface area contributed by atoms with Gasteiger partial charge in [0, 0.05) is 24.4 Å². The lowest BCUT2D eigenvalue weighted by Crippen LogP contribution is -2.29. The van der Waals surface area contributed by atoms with Gasteiger partial charge in [-0.3, -0.25) is 0 Å². The van der Waals surface area contributed by atoms with Gasteiger partial charge in [0.1, 0.15) is 5.75 Å². The average molecular weight is 505 g/mol. The molecule has 1 aliphatic rings. The summed E-state index contributed by atoms with van der Waals surface area (Å²) in [6.45, 7) is 3.76. The highest BCUT2D eigenvalue weighted by atomic mass is 16.5. The van der Waals surface area contributed by atoms with Gasteiger partial charge in [-0.25, -0.2) is 4.79 Å². The summed E-state index contributed by atoms with van der Waals surface area (Å²) in [6, 6.07) is 31.0. The van der Waals surface area contributed by atoms with Crippen molar-refractivity contribution in [3.8, 4) is 16.9 Å². The zero-order valence-corrected chi connectivity index (χ0v) is 21.8. The number of esters is 1. The minimum atomic E-state index is -0.734. The SMILES string of the molecule is CC=C(C)C(=O)Oc1cccc2c1C(c1ccc(CCO)cc1)(c1ccc(CCO)cc1)c1ccccc1-2. The molecule has 2 N–H and O–H groups in total. The summed E-state index contributed by atoms with van der Waals surface area (Å²) < 4.78 is 6.09. The Morgan fingerprint density at radius 1 is 0.763 bits per heavy atom. The molecule has 1 aliphatic carbocycles. The van der Waals surface area contributed by atoms with Crippen LogP contribution in [0.4, 0.5) is 0 Å². The second kappa shape index (κ2) is 10.8. The number of allylic oxidation sites excluding steroid dienone is 1. The van der Waals surface area contributed by atoms with Crippen LogP contribution >= 0.6 is 0 Å². The molecule has 0 radical (unpaired) electrons. The fraction of sp³-hybridized carbons (Fsp3) is 0.206. The summed E-state index contributed by atoms with van der Waals surface area (Å²) in [5.74, 6) is 0.158. The standard InChI is InChI=1S/C34H32O4/c1-3-23(2)33(37)38-31-10-6-8-29-28-7-4-5-9-30(28)34(32(29)31,26-15-11-24(12-16-26)19-21-35)27-17-13-25(14-18-27)20-22-36/h3-18,35-36H,19-22H2,1-2H3. The van der Waals surface area contributed by atoms with E-state index in [-0.39, 0.29) is 19.2 Å². The number of carbonyl (C=O) groups is 1. The molecule has 0 spiro atoms. The van der Waals surface area contributed by atoms with Crippen molar-refractivity contribution >= 4 is 5.97 Å². The van der Waals surface area contributed by atoms with Crippen LogP contribution in [0.1, 0.15) is 47.2 Å². The molecule has 0 unspecified atom stereocenters. The van der Waals surface area contributed by atoms with E-state index in [0.29, 0.717) is 24.2 Å². The van der Waals surface area contributed by atoms with E-state index >= 15 is 0 Å². The third kappa shape index (κ3) is 4.26. The van der Waals surface area contributed by atoms with Crippen molar-refractivity contribution in [2.45, 2.75) is 32.1 Å². The summed E-state index contributed by atoms with van der Waals surface area (Å²) in [5, 5.41) is 18.9. The Morgan fingerprint density at radius 3 is 1.87 bits per heavy atom. The highest BCUT2D eigenvalue weighted by Crippen LogP contribution is 2.58. The predicted molar refractivity (Wildman–Crippen MR) is 150 cm³/mol. The number of fused-ring (bicyclic) bond motifs is 3. The molecular weight excluding hydrogens is 472 g/mol. The molecule has 38 heavy (non-hydrogen) atoms. The molecule has 0 aliphatic heterocycles.